The summed E-state index contributed by atoms with van der Waals surface area (Å²) in [5, 5.41) is 12.7. The predicted octanol–water partition coefficient (Wildman–Crippen LogP) is 2.76. The molecular weight excluding hydrogens is 372 g/mol. The highest BCUT2D eigenvalue weighted by Gasteiger charge is 2.49. The number of benzene rings is 1. The average molecular weight is 402 g/mol. The Morgan fingerprint density at radius 2 is 2.00 bits per heavy atom. The monoisotopic (exact) mass is 402 g/mol. The molecule has 2 atom stereocenters. The number of piperidine rings is 1. The van der Waals surface area contributed by atoms with Gasteiger partial charge in [0.1, 0.15) is 6.61 Å². The van der Waals surface area contributed by atoms with Gasteiger partial charge in [-0.3, -0.25) is 4.79 Å². The first-order valence-electron chi connectivity index (χ1n) is 10.6. The summed E-state index contributed by atoms with van der Waals surface area (Å²) in [5.41, 5.74) is 0.698. The zero-order chi connectivity index (χ0) is 20.3. The molecule has 0 aromatic heterocycles. The van der Waals surface area contributed by atoms with Crippen molar-refractivity contribution in [3.05, 3.63) is 35.9 Å². The lowest BCUT2D eigenvalue weighted by Gasteiger charge is -2.50. The SMILES string of the molecule is O=C1COCC2(CCCN(C(=O)O)C2COC2CCC(c3ccccc3)CC2)N1. The zero-order valence-corrected chi connectivity index (χ0v) is 16.7. The van der Waals surface area contributed by atoms with Crippen molar-refractivity contribution in [1.29, 1.82) is 0 Å². The van der Waals surface area contributed by atoms with E-state index >= 15 is 0 Å². The summed E-state index contributed by atoms with van der Waals surface area (Å²) in [6.45, 7) is 1.11. The Kier molecular flexibility index (Phi) is 6.06. The minimum atomic E-state index is -0.967. The van der Waals surface area contributed by atoms with E-state index in [1.165, 1.54) is 10.5 Å². The molecule has 1 spiro atoms. The van der Waals surface area contributed by atoms with Crippen molar-refractivity contribution in [1.82, 2.24) is 10.2 Å². The molecule has 2 saturated heterocycles. The highest BCUT2D eigenvalue weighted by Crippen LogP contribution is 2.35. The first kappa shape index (κ1) is 20.2. The molecule has 3 aliphatic rings. The number of nitrogens with one attached hydrogen (secondary N) is 1. The molecule has 158 valence electrons. The normalized spacial score (nSPS) is 32.8. The Hall–Kier alpha value is -2.12. The summed E-state index contributed by atoms with van der Waals surface area (Å²) in [6.07, 6.45) is 4.66. The van der Waals surface area contributed by atoms with E-state index in [9.17, 15) is 14.7 Å². The van der Waals surface area contributed by atoms with Gasteiger partial charge in [0.05, 0.1) is 30.9 Å². The largest absolute Gasteiger partial charge is 0.465 e. The van der Waals surface area contributed by atoms with Gasteiger partial charge in [0.2, 0.25) is 5.91 Å². The van der Waals surface area contributed by atoms with Crippen molar-refractivity contribution >= 4 is 12.0 Å². The molecule has 1 saturated carbocycles. The Labute approximate surface area is 171 Å². The number of carboxylic acid groups (broad SMARTS) is 1. The summed E-state index contributed by atoms with van der Waals surface area (Å²) in [5.74, 6) is 0.385. The summed E-state index contributed by atoms with van der Waals surface area (Å²) in [6, 6.07) is 10.2. The molecule has 7 nitrogen and oxygen atoms in total. The van der Waals surface area contributed by atoms with Crippen LogP contribution in [0.4, 0.5) is 4.79 Å². The Morgan fingerprint density at radius 1 is 1.24 bits per heavy atom. The maximum atomic E-state index is 12.0. The number of ether oxygens (including phenoxy) is 2. The van der Waals surface area contributed by atoms with Gasteiger partial charge in [-0.15, -0.1) is 0 Å². The number of carbonyl (C=O) groups excluding carboxylic acids is 1. The highest BCUT2D eigenvalue weighted by atomic mass is 16.5. The van der Waals surface area contributed by atoms with Crippen LogP contribution in [-0.4, -0.2) is 66.1 Å². The minimum Gasteiger partial charge on any atom is -0.465 e. The van der Waals surface area contributed by atoms with Crippen molar-refractivity contribution in [2.45, 2.75) is 62.1 Å². The number of likely N-dealkylation sites (tertiary alicyclic amines) is 1. The van der Waals surface area contributed by atoms with E-state index in [4.69, 9.17) is 9.47 Å². The van der Waals surface area contributed by atoms with Crippen LogP contribution in [0.15, 0.2) is 30.3 Å². The Bertz CT molecular complexity index is 715. The molecule has 1 aromatic rings. The van der Waals surface area contributed by atoms with Crippen LogP contribution in [0.1, 0.15) is 50.0 Å². The first-order chi connectivity index (χ1) is 14.1. The standard InChI is InChI=1S/C22H30N2O5/c25-20-14-28-15-22(23-20)11-4-12-24(21(26)27)19(22)13-29-18-9-7-17(8-10-18)16-5-2-1-3-6-16/h1-3,5-6,17-19H,4,7-15H2,(H,23,25)(H,26,27). The second-order valence-electron chi connectivity index (χ2n) is 8.51. The van der Waals surface area contributed by atoms with E-state index in [2.05, 4.69) is 29.6 Å². The summed E-state index contributed by atoms with van der Waals surface area (Å²) in [4.78, 5) is 25.3. The third-order valence-corrected chi connectivity index (χ3v) is 6.70. The van der Waals surface area contributed by atoms with Gasteiger partial charge in [-0.25, -0.2) is 4.79 Å². The number of rotatable bonds is 4. The van der Waals surface area contributed by atoms with E-state index in [-0.39, 0.29) is 25.2 Å². The van der Waals surface area contributed by atoms with Crippen LogP contribution in [0, 0.1) is 0 Å². The third kappa shape index (κ3) is 4.41. The molecule has 1 aromatic carbocycles. The molecule has 0 radical (unpaired) electrons. The van der Waals surface area contributed by atoms with E-state index in [1.54, 1.807) is 0 Å². The molecule has 1 aliphatic carbocycles. The molecule has 4 rings (SSSR count). The van der Waals surface area contributed by atoms with Crippen LogP contribution in [-0.2, 0) is 14.3 Å². The fraction of sp³-hybridized carbons (Fsp3) is 0.636. The molecule has 2 aliphatic heterocycles. The van der Waals surface area contributed by atoms with Crippen LogP contribution in [0.3, 0.4) is 0 Å². The van der Waals surface area contributed by atoms with Crippen molar-refractivity contribution in [3.8, 4) is 0 Å². The van der Waals surface area contributed by atoms with Gasteiger partial charge in [-0.1, -0.05) is 30.3 Å². The van der Waals surface area contributed by atoms with Crippen LogP contribution in [0.2, 0.25) is 0 Å². The van der Waals surface area contributed by atoms with E-state index < -0.39 is 17.7 Å². The summed E-state index contributed by atoms with van der Waals surface area (Å²) in [7, 11) is 0. The lowest BCUT2D eigenvalue weighted by molar-refractivity contribution is -0.143. The van der Waals surface area contributed by atoms with Crippen molar-refractivity contribution in [2.24, 2.45) is 0 Å². The number of morpholine rings is 1. The fourth-order valence-electron chi connectivity index (χ4n) is 5.17. The Morgan fingerprint density at radius 3 is 2.69 bits per heavy atom. The third-order valence-electron chi connectivity index (χ3n) is 6.70. The number of nitrogens with zero attached hydrogens (tertiary/aromatic N) is 1. The number of hydrogen-bond acceptors (Lipinski definition) is 4. The lowest BCUT2D eigenvalue weighted by Crippen LogP contribution is -2.71. The first-order valence-corrected chi connectivity index (χ1v) is 10.6. The molecule has 2 unspecified atom stereocenters. The Balaban J connectivity index is 1.38. The minimum absolute atomic E-state index is 0.0336. The lowest BCUT2D eigenvalue weighted by atomic mass is 9.80. The van der Waals surface area contributed by atoms with E-state index in [0.717, 1.165) is 25.7 Å². The average Bonchev–Trinajstić information content (AvgIpc) is 2.73. The molecule has 7 heteroatoms. The van der Waals surface area contributed by atoms with Gasteiger partial charge in [-0.05, 0) is 50.0 Å². The van der Waals surface area contributed by atoms with Gasteiger partial charge in [0, 0.05) is 6.54 Å². The topological polar surface area (TPSA) is 88.1 Å². The molecule has 2 N–H and O–H groups in total. The van der Waals surface area contributed by atoms with Gasteiger partial charge >= 0.3 is 6.09 Å². The molecule has 29 heavy (non-hydrogen) atoms. The van der Waals surface area contributed by atoms with Gasteiger partial charge in [0.25, 0.3) is 0 Å². The fourth-order valence-corrected chi connectivity index (χ4v) is 5.17. The number of hydrogen-bond donors (Lipinski definition) is 2. The van der Waals surface area contributed by atoms with E-state index in [0.29, 0.717) is 31.9 Å². The van der Waals surface area contributed by atoms with E-state index in [1.807, 2.05) is 6.07 Å². The summed E-state index contributed by atoms with van der Waals surface area (Å²) < 4.78 is 11.7. The van der Waals surface area contributed by atoms with Crippen LogP contribution < -0.4 is 5.32 Å². The molecule has 3 fully saturated rings. The number of amides is 2. The smallest absolute Gasteiger partial charge is 0.407 e. The van der Waals surface area contributed by atoms with Gasteiger partial charge < -0.3 is 24.8 Å². The van der Waals surface area contributed by atoms with Crippen LogP contribution >= 0.6 is 0 Å². The maximum absolute atomic E-state index is 12.0. The van der Waals surface area contributed by atoms with Crippen LogP contribution in [0.25, 0.3) is 0 Å². The summed E-state index contributed by atoms with van der Waals surface area (Å²) >= 11 is 0. The second kappa shape index (κ2) is 8.71. The van der Waals surface area contributed by atoms with Crippen molar-refractivity contribution in [2.75, 3.05) is 26.4 Å². The maximum Gasteiger partial charge on any atom is 0.407 e. The van der Waals surface area contributed by atoms with Crippen molar-refractivity contribution < 1.29 is 24.2 Å². The molecule has 2 heterocycles. The van der Waals surface area contributed by atoms with Gasteiger partial charge in [-0.2, -0.15) is 0 Å². The second-order valence-corrected chi connectivity index (χ2v) is 8.51. The molecular formula is C22H30N2O5. The predicted molar refractivity (Wildman–Crippen MR) is 107 cm³/mol. The van der Waals surface area contributed by atoms with Crippen molar-refractivity contribution in [3.63, 3.8) is 0 Å². The highest BCUT2D eigenvalue weighted by molar-refractivity contribution is 5.79. The zero-order valence-electron chi connectivity index (χ0n) is 16.7. The van der Waals surface area contributed by atoms with Crippen LogP contribution in [0.5, 0.6) is 0 Å². The molecule has 0 bridgehead atoms. The number of carbonyl (C=O) groups is 2. The quantitative estimate of drug-likeness (QED) is 0.809. The molecule has 2 amide bonds. The van der Waals surface area contributed by atoms with Gasteiger partial charge in [0.15, 0.2) is 0 Å².